The molecule has 6 nitrogen and oxygen atoms in total. The van der Waals surface area contributed by atoms with Gasteiger partial charge in [0.25, 0.3) is 0 Å². The fourth-order valence-corrected chi connectivity index (χ4v) is 4.71. The molecular formula is C24H25F2N3O3. The standard InChI is InChI=1S/C24H25F2N3O3/c25-19-2-1-16-15-32-24(21(16)13-19)5-9-29(10-6-24)14-18(23(31)28-8-7-27)11-17-12-20(30)3-4-22(17)26/h1-4,12-13,18,30H,5-6,8-11,14-15H2,(H,28,31). The van der Waals surface area contributed by atoms with Crippen LogP contribution in [0.1, 0.15) is 29.5 Å². The van der Waals surface area contributed by atoms with E-state index in [4.69, 9.17) is 10.00 Å². The fraction of sp³-hybridized carbons (Fsp3) is 0.417. The van der Waals surface area contributed by atoms with Crippen LogP contribution in [-0.2, 0) is 28.2 Å². The number of nitrogens with one attached hydrogen (secondary N) is 1. The first-order valence-electron chi connectivity index (χ1n) is 10.7. The lowest BCUT2D eigenvalue weighted by Gasteiger charge is -2.40. The maximum atomic E-state index is 14.2. The van der Waals surface area contributed by atoms with Gasteiger partial charge in [0.2, 0.25) is 5.91 Å². The fourth-order valence-electron chi connectivity index (χ4n) is 4.71. The second-order valence-electron chi connectivity index (χ2n) is 8.44. The normalized spacial score (nSPS) is 18.2. The average Bonchev–Trinajstić information content (AvgIpc) is 3.13. The Kier molecular flexibility index (Phi) is 6.40. The highest BCUT2D eigenvalue weighted by atomic mass is 19.1. The number of likely N-dealkylation sites (tertiary alicyclic amines) is 1. The smallest absolute Gasteiger partial charge is 0.225 e. The molecule has 1 amide bonds. The molecule has 1 fully saturated rings. The van der Waals surface area contributed by atoms with Crippen molar-refractivity contribution in [3.05, 3.63) is 64.7 Å². The zero-order chi connectivity index (χ0) is 22.7. The molecule has 2 heterocycles. The van der Waals surface area contributed by atoms with E-state index in [1.54, 1.807) is 12.1 Å². The molecule has 0 aliphatic carbocycles. The van der Waals surface area contributed by atoms with Crippen molar-refractivity contribution >= 4 is 5.91 Å². The predicted octanol–water partition coefficient (Wildman–Crippen LogP) is 2.99. The molecule has 2 aromatic carbocycles. The highest BCUT2D eigenvalue weighted by Gasteiger charge is 2.43. The first-order chi connectivity index (χ1) is 15.4. The summed E-state index contributed by atoms with van der Waals surface area (Å²) in [6.07, 6.45) is 1.43. The number of aromatic hydroxyl groups is 1. The van der Waals surface area contributed by atoms with Crippen LogP contribution in [0.5, 0.6) is 5.75 Å². The number of phenolic OH excluding ortho intramolecular Hbond substituents is 1. The first-order valence-corrected chi connectivity index (χ1v) is 10.7. The maximum absolute atomic E-state index is 14.2. The van der Waals surface area contributed by atoms with Crippen LogP contribution in [0.2, 0.25) is 0 Å². The third-order valence-electron chi connectivity index (χ3n) is 6.42. The number of carbonyl (C=O) groups is 1. The highest BCUT2D eigenvalue weighted by Crippen LogP contribution is 2.44. The Morgan fingerprint density at radius 2 is 2.03 bits per heavy atom. The molecule has 2 aliphatic heterocycles. The van der Waals surface area contributed by atoms with E-state index in [1.165, 1.54) is 24.3 Å². The molecule has 32 heavy (non-hydrogen) atoms. The van der Waals surface area contributed by atoms with Crippen molar-refractivity contribution in [2.75, 3.05) is 26.2 Å². The number of piperidine rings is 1. The lowest BCUT2D eigenvalue weighted by Crippen LogP contribution is -2.47. The highest BCUT2D eigenvalue weighted by molar-refractivity contribution is 5.79. The Labute approximate surface area is 185 Å². The van der Waals surface area contributed by atoms with E-state index >= 15 is 0 Å². The molecule has 0 radical (unpaired) electrons. The van der Waals surface area contributed by atoms with E-state index in [9.17, 15) is 18.7 Å². The molecule has 1 unspecified atom stereocenters. The summed E-state index contributed by atoms with van der Waals surface area (Å²) in [5.74, 6) is -1.77. The summed E-state index contributed by atoms with van der Waals surface area (Å²) in [5, 5.41) is 21.1. The molecule has 8 heteroatoms. The van der Waals surface area contributed by atoms with Gasteiger partial charge in [0.1, 0.15) is 23.9 Å². The van der Waals surface area contributed by atoms with Gasteiger partial charge in [0.05, 0.1) is 24.2 Å². The van der Waals surface area contributed by atoms with Gasteiger partial charge in [-0.1, -0.05) is 6.07 Å². The van der Waals surface area contributed by atoms with Gasteiger partial charge in [0.15, 0.2) is 0 Å². The Balaban J connectivity index is 1.46. The van der Waals surface area contributed by atoms with Crippen LogP contribution in [0.25, 0.3) is 0 Å². The summed E-state index contributed by atoms with van der Waals surface area (Å²) in [5.41, 5.74) is 1.65. The third-order valence-corrected chi connectivity index (χ3v) is 6.42. The van der Waals surface area contributed by atoms with Crippen LogP contribution in [0.3, 0.4) is 0 Å². The number of benzene rings is 2. The Morgan fingerprint density at radius 3 is 2.78 bits per heavy atom. The van der Waals surface area contributed by atoms with Crippen molar-refractivity contribution in [2.24, 2.45) is 5.92 Å². The average molecular weight is 441 g/mol. The molecule has 0 saturated carbocycles. The SMILES string of the molecule is N#CCNC(=O)C(Cc1cc(O)ccc1F)CN1CCC2(CC1)OCc1ccc(F)cc12. The van der Waals surface area contributed by atoms with Crippen molar-refractivity contribution in [1.29, 1.82) is 5.26 Å². The summed E-state index contributed by atoms with van der Waals surface area (Å²) in [4.78, 5) is 14.8. The molecule has 0 aromatic heterocycles. The molecule has 0 bridgehead atoms. The summed E-state index contributed by atoms with van der Waals surface area (Å²) in [6, 6.07) is 10.4. The third kappa shape index (κ3) is 4.59. The van der Waals surface area contributed by atoms with Crippen molar-refractivity contribution in [1.82, 2.24) is 10.2 Å². The minimum atomic E-state index is -0.595. The minimum Gasteiger partial charge on any atom is -0.508 e. The summed E-state index contributed by atoms with van der Waals surface area (Å²) >= 11 is 0. The van der Waals surface area contributed by atoms with Crippen LogP contribution in [-0.4, -0.2) is 42.1 Å². The van der Waals surface area contributed by atoms with E-state index in [2.05, 4.69) is 10.2 Å². The van der Waals surface area contributed by atoms with Crippen LogP contribution >= 0.6 is 0 Å². The molecule has 1 atom stereocenters. The maximum Gasteiger partial charge on any atom is 0.225 e. The number of nitriles is 1. The van der Waals surface area contributed by atoms with Crippen LogP contribution in [0, 0.1) is 28.9 Å². The monoisotopic (exact) mass is 441 g/mol. The van der Waals surface area contributed by atoms with Crippen molar-refractivity contribution < 1.29 is 23.4 Å². The largest absolute Gasteiger partial charge is 0.508 e. The van der Waals surface area contributed by atoms with Crippen molar-refractivity contribution in [3.8, 4) is 11.8 Å². The molecule has 4 rings (SSSR count). The van der Waals surface area contributed by atoms with Crippen molar-refractivity contribution in [2.45, 2.75) is 31.5 Å². The van der Waals surface area contributed by atoms with Crippen LogP contribution < -0.4 is 5.32 Å². The summed E-state index contributed by atoms with van der Waals surface area (Å²) in [6.45, 7) is 1.99. The van der Waals surface area contributed by atoms with Gasteiger partial charge >= 0.3 is 0 Å². The van der Waals surface area contributed by atoms with Gasteiger partial charge in [-0.25, -0.2) is 8.78 Å². The quantitative estimate of drug-likeness (QED) is 0.674. The van der Waals surface area contributed by atoms with Crippen molar-refractivity contribution in [3.63, 3.8) is 0 Å². The summed E-state index contributed by atoms with van der Waals surface area (Å²) < 4.78 is 34.2. The van der Waals surface area contributed by atoms with Gasteiger partial charge in [-0.2, -0.15) is 5.26 Å². The first kappa shape index (κ1) is 22.2. The second-order valence-corrected chi connectivity index (χ2v) is 8.44. The van der Waals surface area contributed by atoms with E-state index in [0.717, 1.165) is 11.1 Å². The molecule has 2 aromatic rings. The number of ether oxygens (including phenoxy) is 1. The molecule has 2 N–H and O–H groups in total. The molecule has 2 aliphatic rings. The number of rotatable bonds is 6. The topological polar surface area (TPSA) is 85.6 Å². The Morgan fingerprint density at radius 1 is 1.25 bits per heavy atom. The number of fused-ring (bicyclic) bond motifs is 2. The van der Waals surface area contributed by atoms with Gasteiger partial charge in [-0.15, -0.1) is 0 Å². The number of carbonyl (C=O) groups excluding carboxylic acids is 1. The number of hydrogen-bond acceptors (Lipinski definition) is 5. The lowest BCUT2D eigenvalue weighted by atomic mass is 9.83. The van der Waals surface area contributed by atoms with E-state index in [-0.39, 0.29) is 36.0 Å². The molecule has 1 spiro atoms. The zero-order valence-electron chi connectivity index (χ0n) is 17.6. The van der Waals surface area contributed by atoms with Gasteiger partial charge in [-0.3, -0.25) is 4.79 Å². The van der Waals surface area contributed by atoms with Crippen LogP contribution in [0.4, 0.5) is 8.78 Å². The van der Waals surface area contributed by atoms with E-state index in [1.807, 2.05) is 6.07 Å². The van der Waals surface area contributed by atoms with Gasteiger partial charge in [0, 0.05) is 19.6 Å². The van der Waals surface area contributed by atoms with Gasteiger partial charge < -0.3 is 20.1 Å². The number of phenols is 1. The van der Waals surface area contributed by atoms with E-state index < -0.39 is 17.3 Å². The number of halogens is 2. The number of nitrogens with zero attached hydrogens (tertiary/aromatic N) is 2. The Bertz CT molecular complexity index is 1050. The van der Waals surface area contributed by atoms with Crippen LogP contribution in [0.15, 0.2) is 36.4 Å². The number of hydrogen-bond donors (Lipinski definition) is 2. The van der Waals surface area contributed by atoms with Gasteiger partial charge in [-0.05, 0) is 66.3 Å². The second kappa shape index (κ2) is 9.23. The zero-order valence-corrected chi connectivity index (χ0v) is 17.6. The van der Waals surface area contributed by atoms with E-state index in [0.29, 0.717) is 39.1 Å². The molecular weight excluding hydrogens is 416 g/mol. The molecule has 168 valence electrons. The lowest BCUT2D eigenvalue weighted by molar-refractivity contribution is -0.126. The summed E-state index contributed by atoms with van der Waals surface area (Å²) in [7, 11) is 0. The Hall–Kier alpha value is -3.02. The minimum absolute atomic E-state index is 0.0678. The predicted molar refractivity (Wildman–Crippen MR) is 112 cm³/mol. The molecule has 1 saturated heterocycles. The number of amides is 1.